The van der Waals surface area contributed by atoms with Crippen molar-refractivity contribution < 1.29 is 82.3 Å². The highest BCUT2D eigenvalue weighted by Gasteiger charge is 2.19. The van der Waals surface area contributed by atoms with Gasteiger partial charge in [0.1, 0.15) is 60.9 Å². The maximum Gasteiger partial charge on any atom is 0.341 e. The molecule has 402 valence electrons. The van der Waals surface area contributed by atoms with Crippen LogP contribution >= 0.6 is 25.6 Å². The average Bonchev–Trinajstić information content (AvgIpc) is 3.43. The predicted molar refractivity (Wildman–Crippen MR) is 274 cm³/mol. The minimum absolute atomic E-state index is 0.00152. The number of benzene rings is 6. The van der Waals surface area contributed by atoms with E-state index in [1.165, 1.54) is 72.8 Å². The molecule has 0 spiro atoms. The summed E-state index contributed by atoms with van der Waals surface area (Å²) in [5.74, 6) is -0.301. The van der Waals surface area contributed by atoms with Crippen molar-refractivity contribution in [2.45, 2.75) is 33.0 Å². The number of aliphatic hydroxyl groups excluding tert-OH is 1. The Morgan fingerprint density at radius 1 is 0.481 bits per heavy atom. The van der Waals surface area contributed by atoms with Crippen LogP contribution in [0.5, 0.6) is 34.5 Å². The summed E-state index contributed by atoms with van der Waals surface area (Å²) in [6, 6.07) is 24.8. The van der Waals surface area contributed by atoms with Gasteiger partial charge in [-0.3, -0.25) is 69.5 Å². The lowest BCUT2D eigenvalue weighted by Crippen LogP contribution is -2.21. The van der Waals surface area contributed by atoms with Crippen molar-refractivity contribution in [2.24, 2.45) is 5.14 Å². The second kappa shape index (κ2) is 29.9. The number of aliphatic hydroxyl groups is 1. The molecule has 0 heterocycles. The number of nitro benzene ring substituents is 4. The lowest BCUT2D eigenvalue weighted by Gasteiger charge is -2.13. The number of carbonyl (C=O) groups is 5. The van der Waals surface area contributed by atoms with Gasteiger partial charge in [0.2, 0.25) is 0 Å². The molecular weight excluding hydrogens is 1060 g/mol. The third kappa shape index (κ3) is 18.3. The van der Waals surface area contributed by atoms with Crippen molar-refractivity contribution in [3.05, 3.63) is 194 Å². The van der Waals surface area contributed by atoms with E-state index in [2.05, 4.69) is 35.5 Å². The molecule has 6 aromatic carbocycles. The molecule has 0 aliphatic heterocycles. The van der Waals surface area contributed by atoms with Gasteiger partial charge in [-0.2, -0.15) is 0 Å². The molecule has 0 atom stereocenters. The smallest absolute Gasteiger partial charge is 0.341 e. The minimum Gasteiger partial charge on any atom is -0.489 e. The Morgan fingerprint density at radius 3 is 1.08 bits per heavy atom. The van der Waals surface area contributed by atoms with E-state index in [1.54, 1.807) is 24.3 Å². The molecule has 0 aliphatic rings. The Morgan fingerprint density at radius 2 is 0.792 bits per heavy atom. The predicted octanol–water partition coefficient (Wildman–Crippen LogP) is 6.84. The van der Waals surface area contributed by atoms with Crippen molar-refractivity contribution in [3.63, 3.8) is 0 Å². The lowest BCUT2D eigenvalue weighted by atomic mass is 10.1. The van der Waals surface area contributed by atoms with Gasteiger partial charge >= 0.3 is 5.97 Å². The highest BCUT2D eigenvalue weighted by Crippen LogP contribution is 2.30. The van der Waals surface area contributed by atoms with Gasteiger partial charge in [-0.1, -0.05) is 12.8 Å². The summed E-state index contributed by atoms with van der Waals surface area (Å²) in [4.78, 5) is 97.4. The first-order valence-corrected chi connectivity index (χ1v) is 22.4. The van der Waals surface area contributed by atoms with Gasteiger partial charge in [-0.25, -0.2) is 4.79 Å². The number of aldehydes is 3. The van der Waals surface area contributed by atoms with Gasteiger partial charge in [-0.05, 0) is 107 Å². The molecule has 0 saturated carbocycles. The first-order valence-electron chi connectivity index (χ1n) is 21.5. The zero-order valence-electron chi connectivity index (χ0n) is 39.5. The first kappa shape index (κ1) is 59.8. The highest BCUT2D eigenvalue weighted by molar-refractivity contribution is 7.78. The van der Waals surface area contributed by atoms with Crippen molar-refractivity contribution >= 4 is 79.1 Å². The van der Waals surface area contributed by atoms with Crippen LogP contribution < -0.4 is 38.3 Å². The van der Waals surface area contributed by atoms with E-state index in [4.69, 9.17) is 33.5 Å². The number of nitrogens with one attached hydrogen (secondary N) is 1. The monoisotopic (exact) mass is 1100 g/mol. The van der Waals surface area contributed by atoms with E-state index in [9.17, 15) is 69.5 Å². The highest BCUT2D eigenvalue weighted by atomic mass is 32.1. The summed E-state index contributed by atoms with van der Waals surface area (Å²) in [6.45, 7) is -1.63. The summed E-state index contributed by atoms with van der Waals surface area (Å²) in [5, 5.41) is 66.6. The number of carboxylic acid groups (broad SMARTS) is 1. The molecule has 0 aromatic heterocycles. The number of ether oxygens (including phenoxy) is 6. The van der Waals surface area contributed by atoms with Crippen LogP contribution in [0.15, 0.2) is 109 Å². The van der Waals surface area contributed by atoms with Crippen molar-refractivity contribution in [1.82, 2.24) is 4.72 Å². The van der Waals surface area contributed by atoms with Crippen molar-refractivity contribution in [3.8, 4) is 34.5 Å². The van der Waals surface area contributed by atoms with Gasteiger partial charge in [0, 0.05) is 24.3 Å². The Kier molecular flexibility index (Phi) is 23.2. The Labute approximate surface area is 444 Å². The molecule has 77 heavy (non-hydrogen) atoms. The summed E-state index contributed by atoms with van der Waals surface area (Å²) in [6.07, 6.45) is 1.05. The quantitative estimate of drug-likeness (QED) is 0.0140. The summed E-state index contributed by atoms with van der Waals surface area (Å²) >= 11 is 6.70. The van der Waals surface area contributed by atoms with E-state index in [-0.39, 0.29) is 107 Å². The molecule has 0 unspecified atom stereocenters. The minimum atomic E-state index is -1.20. The molecule has 6 rings (SSSR count). The van der Waals surface area contributed by atoms with E-state index in [0.29, 0.717) is 46.9 Å². The number of aliphatic carboxylic acids is 1. The number of nitrogens with zero attached hydrogens (tertiary/aromatic N) is 4. The largest absolute Gasteiger partial charge is 0.489 e. The number of carboxylic acids is 1. The van der Waals surface area contributed by atoms with E-state index in [0.717, 1.165) is 12.1 Å². The fraction of sp³-hybridized carbons (Fsp3) is 0.146. The van der Waals surface area contributed by atoms with Gasteiger partial charge in [0.05, 0.1) is 48.6 Å². The van der Waals surface area contributed by atoms with Crippen LogP contribution in [0.25, 0.3) is 0 Å². The van der Waals surface area contributed by atoms with Crippen molar-refractivity contribution in [2.75, 3.05) is 13.2 Å². The average molecular weight is 1100 g/mol. The third-order valence-electron chi connectivity index (χ3n) is 9.92. The number of nitrogens with two attached hydrogens (primary N) is 1. The Bertz CT molecular complexity index is 3070. The van der Waals surface area contributed by atoms with Gasteiger partial charge in [0.25, 0.3) is 28.7 Å². The normalized spacial score (nSPS) is 10.1. The molecule has 29 heteroatoms. The number of amides is 1. The standard InChI is InChI=1S/C24H21N3O10S.C24H18N2O11.H3NS/c28-10-17-8-19(1-3-22(17)26(31)32)35-12-15-5-16(7-21(6-15)37-14-24(30)25-38)13-36-20-2-4-23(27(33)34)18(9-20)11-29;27-10-17-8-19(1-3-22(17)25(31)32)35-12-15-5-16(7-21(6-15)37-14-24(29)30)13-36-20-2-4-23(26(33)34)18(9-20)11-28;1-2/h1-10,29,38H,11-14H2,(H,25,30);1-11H,12-14H2,(H,29,30);2H,1H2. The van der Waals surface area contributed by atoms with E-state index >= 15 is 0 Å². The van der Waals surface area contributed by atoms with Crippen LogP contribution in [0.1, 0.15) is 58.9 Å². The SMILES string of the molecule is NS.O=Cc1cc(OCc2cc(COc3ccc([N+](=O)[O-])c(C=O)c3)cc(OCC(=O)O)c2)ccc1[N+](=O)[O-].O=Cc1cc(OCc2cc(COc3ccc([N+](=O)[O-])c(CO)c3)cc(OCC(=O)NS)c2)ccc1[N+](=O)[O-]. The second-order valence-corrected chi connectivity index (χ2v) is 15.3. The molecule has 0 fully saturated rings. The van der Waals surface area contributed by atoms with Gasteiger partial charge in [-0.15, -0.1) is 12.8 Å². The second-order valence-electron chi connectivity index (χ2n) is 15.1. The number of carbonyl (C=O) groups excluding carboxylic acids is 4. The van der Waals surface area contributed by atoms with Crippen LogP contribution in [0, 0.1) is 40.5 Å². The molecule has 0 bridgehead atoms. The zero-order valence-corrected chi connectivity index (χ0v) is 41.3. The van der Waals surface area contributed by atoms with Crippen LogP contribution in [0.4, 0.5) is 22.7 Å². The number of hydrogen-bond acceptors (Lipinski definition) is 23. The molecule has 1 amide bonds. The first-order chi connectivity index (χ1) is 36.9. The summed E-state index contributed by atoms with van der Waals surface area (Å²) in [7, 11) is 0. The van der Waals surface area contributed by atoms with E-state index in [1.807, 2.05) is 0 Å². The van der Waals surface area contributed by atoms with E-state index < -0.39 is 44.8 Å². The Hall–Kier alpha value is -9.71. The van der Waals surface area contributed by atoms with Crippen molar-refractivity contribution in [1.29, 1.82) is 0 Å². The molecular formula is C48H42N6O21S2. The summed E-state index contributed by atoms with van der Waals surface area (Å²) < 4.78 is 35.6. The zero-order chi connectivity index (χ0) is 56.6. The molecule has 6 aromatic rings. The summed E-state index contributed by atoms with van der Waals surface area (Å²) in [5.41, 5.74) is 0.532. The molecule has 5 N–H and O–H groups in total. The Balaban J connectivity index is 0.000000322. The topological polar surface area (TPSA) is 392 Å². The van der Waals surface area contributed by atoms with Gasteiger partial charge in [0.15, 0.2) is 32.1 Å². The number of thiol groups is 2. The fourth-order valence-electron chi connectivity index (χ4n) is 6.56. The molecule has 0 aliphatic carbocycles. The lowest BCUT2D eigenvalue weighted by molar-refractivity contribution is -0.385. The number of rotatable bonds is 26. The van der Waals surface area contributed by atoms with Crippen LogP contribution in [0.3, 0.4) is 0 Å². The molecule has 0 saturated heterocycles. The molecule has 0 radical (unpaired) electrons. The number of hydrogen-bond donors (Lipinski definition) is 6. The van der Waals surface area contributed by atoms with Crippen LogP contribution in [0.2, 0.25) is 0 Å². The van der Waals surface area contributed by atoms with Crippen LogP contribution in [-0.2, 0) is 42.6 Å². The maximum atomic E-state index is 11.5. The van der Waals surface area contributed by atoms with Gasteiger partial charge < -0.3 is 38.6 Å². The molecule has 27 nitrogen and oxygen atoms in total. The van der Waals surface area contributed by atoms with Crippen LogP contribution in [-0.4, -0.2) is 73.9 Å². The fourth-order valence-corrected chi connectivity index (χ4v) is 6.62. The number of nitro groups is 4. The maximum absolute atomic E-state index is 11.5. The third-order valence-corrected chi connectivity index (χ3v) is 10.2.